The van der Waals surface area contributed by atoms with Crippen molar-refractivity contribution < 1.29 is 4.52 Å². The fourth-order valence-corrected chi connectivity index (χ4v) is 4.19. The highest BCUT2D eigenvalue weighted by atomic mass is 127. The van der Waals surface area contributed by atoms with Gasteiger partial charge in [-0.1, -0.05) is 17.3 Å². The third-order valence-electron chi connectivity index (χ3n) is 5.79. The van der Waals surface area contributed by atoms with E-state index in [2.05, 4.69) is 57.3 Å². The Morgan fingerprint density at radius 3 is 2.73 bits per heavy atom. The molecule has 1 fully saturated rings. The van der Waals surface area contributed by atoms with Crippen LogP contribution in [-0.2, 0) is 19.5 Å². The minimum atomic E-state index is 0. The molecule has 30 heavy (non-hydrogen) atoms. The van der Waals surface area contributed by atoms with Crippen LogP contribution >= 0.6 is 24.0 Å². The third-order valence-corrected chi connectivity index (χ3v) is 5.79. The first-order valence-corrected chi connectivity index (χ1v) is 10.7. The van der Waals surface area contributed by atoms with Crippen molar-refractivity contribution >= 4 is 35.6 Å². The summed E-state index contributed by atoms with van der Waals surface area (Å²) in [7, 11) is 2.18. The van der Waals surface area contributed by atoms with Crippen molar-refractivity contribution in [3.05, 3.63) is 47.3 Å². The van der Waals surface area contributed by atoms with E-state index in [0.29, 0.717) is 0 Å². The number of benzene rings is 1. The topological polar surface area (TPSA) is 60.1 Å². The lowest BCUT2D eigenvalue weighted by Crippen LogP contribution is -2.52. The maximum atomic E-state index is 4.95. The zero-order valence-electron chi connectivity index (χ0n) is 18.0. The molecule has 2 aromatic rings. The van der Waals surface area contributed by atoms with Crippen molar-refractivity contribution in [1.29, 1.82) is 0 Å². The molecule has 3 heterocycles. The molecule has 0 saturated carbocycles. The number of anilines is 1. The van der Waals surface area contributed by atoms with Crippen molar-refractivity contribution in [2.45, 2.75) is 32.9 Å². The Hall–Kier alpha value is -1.81. The molecule has 0 radical (unpaired) electrons. The third kappa shape index (κ3) is 5.66. The lowest BCUT2D eigenvalue weighted by atomic mass is 10.00. The zero-order chi connectivity index (χ0) is 20.1. The number of nitrogens with one attached hydrogen (secondary N) is 1. The van der Waals surface area contributed by atoms with Crippen LogP contribution in [0.25, 0.3) is 0 Å². The maximum absolute atomic E-state index is 4.95. The SMILES string of the molecule is CCNC(=NCc1ccc2c(c1)CCCN2C)N1CCN(Cc2ccon2)CC1.I. The van der Waals surface area contributed by atoms with Crippen LogP contribution in [0.3, 0.4) is 0 Å². The Balaban J connectivity index is 0.00000256. The highest BCUT2D eigenvalue weighted by Gasteiger charge is 2.20. The van der Waals surface area contributed by atoms with E-state index in [9.17, 15) is 0 Å². The molecule has 4 rings (SSSR count). The molecule has 1 aromatic carbocycles. The zero-order valence-corrected chi connectivity index (χ0v) is 20.3. The fourth-order valence-electron chi connectivity index (χ4n) is 4.19. The number of hydrogen-bond donors (Lipinski definition) is 1. The highest BCUT2D eigenvalue weighted by molar-refractivity contribution is 14.0. The molecule has 1 N–H and O–H groups in total. The molecule has 2 aliphatic rings. The Kier molecular flexibility index (Phi) is 8.38. The van der Waals surface area contributed by atoms with Crippen LogP contribution in [0.4, 0.5) is 5.69 Å². The van der Waals surface area contributed by atoms with Gasteiger partial charge in [-0.25, -0.2) is 4.99 Å². The van der Waals surface area contributed by atoms with Crippen LogP contribution in [0.5, 0.6) is 0 Å². The quantitative estimate of drug-likeness (QED) is 0.369. The lowest BCUT2D eigenvalue weighted by Gasteiger charge is -2.36. The molecule has 1 aromatic heterocycles. The molecule has 2 aliphatic heterocycles. The Labute approximate surface area is 196 Å². The van der Waals surface area contributed by atoms with E-state index >= 15 is 0 Å². The van der Waals surface area contributed by atoms with Gasteiger partial charge in [-0.05, 0) is 37.0 Å². The molecule has 164 valence electrons. The largest absolute Gasteiger partial charge is 0.374 e. The van der Waals surface area contributed by atoms with Crippen molar-refractivity contribution in [2.24, 2.45) is 4.99 Å². The van der Waals surface area contributed by atoms with Gasteiger partial charge in [0.05, 0.1) is 12.2 Å². The van der Waals surface area contributed by atoms with E-state index in [1.165, 1.54) is 29.7 Å². The van der Waals surface area contributed by atoms with E-state index in [1.807, 2.05) is 6.07 Å². The molecule has 0 spiro atoms. The number of rotatable bonds is 5. The van der Waals surface area contributed by atoms with Crippen LogP contribution in [0.2, 0.25) is 0 Å². The molecule has 0 unspecified atom stereocenters. The number of fused-ring (bicyclic) bond motifs is 1. The van der Waals surface area contributed by atoms with Gasteiger partial charge in [0, 0.05) is 64.6 Å². The molecule has 1 saturated heterocycles. The maximum Gasteiger partial charge on any atom is 0.194 e. The summed E-state index contributed by atoms with van der Waals surface area (Å²) in [6.07, 6.45) is 4.04. The van der Waals surface area contributed by atoms with Crippen molar-refractivity contribution in [3.63, 3.8) is 0 Å². The first-order valence-electron chi connectivity index (χ1n) is 10.7. The number of piperazine rings is 1. The van der Waals surface area contributed by atoms with E-state index in [4.69, 9.17) is 9.52 Å². The second-order valence-electron chi connectivity index (χ2n) is 7.91. The van der Waals surface area contributed by atoms with Crippen LogP contribution < -0.4 is 10.2 Å². The van der Waals surface area contributed by atoms with Gasteiger partial charge in [-0.3, -0.25) is 4.90 Å². The van der Waals surface area contributed by atoms with Crippen LogP contribution in [0.1, 0.15) is 30.2 Å². The summed E-state index contributed by atoms with van der Waals surface area (Å²) in [4.78, 5) is 12.1. The Morgan fingerprint density at radius 1 is 1.17 bits per heavy atom. The predicted octanol–water partition coefficient (Wildman–Crippen LogP) is 2.96. The summed E-state index contributed by atoms with van der Waals surface area (Å²) in [6, 6.07) is 8.76. The van der Waals surface area contributed by atoms with Crippen molar-refractivity contribution in [1.82, 2.24) is 20.3 Å². The standard InChI is InChI=1S/C22H32N6O.HI/c1-3-23-22(28-12-10-27(11-13-28)17-20-8-14-29-25-20)24-16-18-6-7-21-19(15-18)5-4-9-26(21)2;/h6-8,14-15H,3-5,9-13,16-17H2,1-2H3,(H,23,24);1H. The van der Waals surface area contributed by atoms with Gasteiger partial charge in [0.25, 0.3) is 0 Å². The molecule has 0 bridgehead atoms. The number of hydrogen-bond acceptors (Lipinski definition) is 5. The van der Waals surface area contributed by atoms with Gasteiger partial charge in [0.2, 0.25) is 0 Å². The summed E-state index contributed by atoms with van der Waals surface area (Å²) in [5, 5.41) is 7.50. The van der Waals surface area contributed by atoms with Crippen LogP contribution in [0, 0.1) is 0 Å². The summed E-state index contributed by atoms with van der Waals surface area (Å²) >= 11 is 0. The van der Waals surface area contributed by atoms with Crippen molar-refractivity contribution in [3.8, 4) is 0 Å². The lowest BCUT2D eigenvalue weighted by molar-refractivity contribution is 0.169. The summed E-state index contributed by atoms with van der Waals surface area (Å²) < 4.78 is 4.94. The summed E-state index contributed by atoms with van der Waals surface area (Å²) in [6.45, 7) is 9.68. The Morgan fingerprint density at radius 2 is 2.00 bits per heavy atom. The summed E-state index contributed by atoms with van der Waals surface area (Å²) in [5.41, 5.74) is 5.12. The highest BCUT2D eigenvalue weighted by Crippen LogP contribution is 2.27. The number of nitrogens with zero attached hydrogens (tertiary/aromatic N) is 5. The molecule has 7 nitrogen and oxygen atoms in total. The predicted molar refractivity (Wildman–Crippen MR) is 132 cm³/mol. The number of halogens is 1. The first-order chi connectivity index (χ1) is 14.2. The molecular weight excluding hydrogens is 491 g/mol. The van der Waals surface area contributed by atoms with Gasteiger partial charge >= 0.3 is 0 Å². The van der Waals surface area contributed by atoms with Gasteiger partial charge in [-0.15, -0.1) is 24.0 Å². The van der Waals surface area contributed by atoms with E-state index in [1.54, 1.807) is 6.26 Å². The van der Waals surface area contributed by atoms with E-state index < -0.39 is 0 Å². The number of aliphatic imine (C=N–C) groups is 1. The number of aromatic nitrogens is 1. The van der Waals surface area contributed by atoms with Crippen LogP contribution in [0.15, 0.2) is 40.0 Å². The number of aryl methyl sites for hydroxylation is 1. The van der Waals surface area contributed by atoms with Gasteiger partial charge in [0.15, 0.2) is 5.96 Å². The van der Waals surface area contributed by atoms with Gasteiger partial charge < -0.3 is 19.6 Å². The monoisotopic (exact) mass is 524 g/mol. The molecule has 0 amide bonds. The fraction of sp³-hybridized carbons (Fsp3) is 0.545. The smallest absolute Gasteiger partial charge is 0.194 e. The minimum absolute atomic E-state index is 0. The Bertz CT molecular complexity index is 817. The van der Waals surface area contributed by atoms with Gasteiger partial charge in [0.1, 0.15) is 6.26 Å². The van der Waals surface area contributed by atoms with E-state index in [0.717, 1.165) is 64.0 Å². The molecule has 8 heteroatoms. The second kappa shape index (κ2) is 11.0. The normalized spacial score (nSPS) is 17.5. The minimum Gasteiger partial charge on any atom is -0.374 e. The number of guanidine groups is 1. The van der Waals surface area contributed by atoms with Crippen LogP contribution in [-0.4, -0.2) is 67.2 Å². The van der Waals surface area contributed by atoms with Crippen molar-refractivity contribution in [2.75, 3.05) is 51.2 Å². The second-order valence-corrected chi connectivity index (χ2v) is 7.91. The summed E-state index contributed by atoms with van der Waals surface area (Å²) in [5.74, 6) is 1.02. The average Bonchev–Trinajstić information content (AvgIpc) is 3.25. The average molecular weight is 524 g/mol. The van der Waals surface area contributed by atoms with Gasteiger partial charge in [-0.2, -0.15) is 0 Å². The van der Waals surface area contributed by atoms with E-state index in [-0.39, 0.29) is 24.0 Å². The molecular formula is C22H33IN6O. The molecule has 0 aliphatic carbocycles. The molecule has 0 atom stereocenters. The first kappa shape index (κ1) is 22.9.